The molecule has 3 nitrogen and oxygen atoms in total. The van der Waals surface area contributed by atoms with E-state index in [0.29, 0.717) is 13.0 Å². The summed E-state index contributed by atoms with van der Waals surface area (Å²) in [6.07, 6.45) is 2.86. The molecule has 1 saturated heterocycles. The minimum atomic E-state index is -0.677. The van der Waals surface area contributed by atoms with Crippen LogP contribution in [0.4, 0.5) is 0 Å². The molecule has 1 aliphatic heterocycles. The van der Waals surface area contributed by atoms with E-state index in [4.69, 9.17) is 0 Å². The summed E-state index contributed by atoms with van der Waals surface area (Å²) in [7, 11) is 0. The van der Waals surface area contributed by atoms with E-state index < -0.39 is 5.60 Å². The van der Waals surface area contributed by atoms with Crippen LogP contribution in [0.15, 0.2) is 17.5 Å². The van der Waals surface area contributed by atoms with Crippen molar-refractivity contribution in [2.45, 2.75) is 31.3 Å². The summed E-state index contributed by atoms with van der Waals surface area (Å²) in [4.78, 5) is 12.9. The third-order valence-electron chi connectivity index (χ3n) is 3.22. The Labute approximate surface area is 116 Å². The number of amides is 1. The first-order chi connectivity index (χ1) is 8.68. The van der Waals surface area contributed by atoms with Crippen LogP contribution in [0.1, 0.15) is 24.1 Å². The number of carbonyl (C=O) groups excluding carboxylic acids is 1. The van der Waals surface area contributed by atoms with E-state index in [1.54, 1.807) is 11.3 Å². The molecule has 2 heterocycles. The van der Waals surface area contributed by atoms with Crippen molar-refractivity contribution < 1.29 is 9.90 Å². The first-order valence-corrected chi connectivity index (χ1v) is 8.31. The van der Waals surface area contributed by atoms with Crippen LogP contribution in [-0.2, 0) is 11.2 Å². The van der Waals surface area contributed by atoms with Gasteiger partial charge in [0, 0.05) is 17.8 Å². The zero-order chi connectivity index (χ0) is 12.8. The Bertz CT molecular complexity index is 372. The van der Waals surface area contributed by atoms with Crippen LogP contribution in [0, 0.1) is 0 Å². The van der Waals surface area contributed by atoms with Gasteiger partial charge in [-0.05, 0) is 42.2 Å². The number of thiophene rings is 1. The molecule has 18 heavy (non-hydrogen) atoms. The molecule has 2 rings (SSSR count). The minimum Gasteiger partial charge on any atom is -0.388 e. The molecular formula is C13H19NO2S2. The zero-order valence-corrected chi connectivity index (χ0v) is 12.0. The summed E-state index contributed by atoms with van der Waals surface area (Å²) in [5, 5.41) is 15.1. The average molecular weight is 285 g/mol. The van der Waals surface area contributed by atoms with Crippen molar-refractivity contribution in [2.24, 2.45) is 0 Å². The first kappa shape index (κ1) is 13.9. The Morgan fingerprint density at radius 3 is 2.89 bits per heavy atom. The summed E-state index contributed by atoms with van der Waals surface area (Å²) < 4.78 is 0. The molecule has 0 aliphatic carbocycles. The van der Waals surface area contributed by atoms with Crippen LogP contribution in [-0.4, -0.2) is 34.7 Å². The Kier molecular flexibility index (Phi) is 5.09. The van der Waals surface area contributed by atoms with Gasteiger partial charge in [0.2, 0.25) is 5.91 Å². The van der Waals surface area contributed by atoms with Crippen LogP contribution < -0.4 is 5.32 Å². The molecule has 0 saturated carbocycles. The van der Waals surface area contributed by atoms with Crippen molar-refractivity contribution in [2.75, 3.05) is 18.1 Å². The van der Waals surface area contributed by atoms with E-state index in [-0.39, 0.29) is 5.91 Å². The third kappa shape index (κ3) is 4.30. The molecular weight excluding hydrogens is 266 g/mol. The lowest BCUT2D eigenvalue weighted by Crippen LogP contribution is -2.45. The molecule has 0 radical (unpaired) electrons. The van der Waals surface area contributed by atoms with E-state index in [2.05, 4.69) is 5.32 Å². The van der Waals surface area contributed by atoms with Crippen LogP contribution in [0.2, 0.25) is 0 Å². The molecule has 0 spiro atoms. The van der Waals surface area contributed by atoms with Crippen molar-refractivity contribution >= 4 is 29.0 Å². The molecule has 100 valence electrons. The van der Waals surface area contributed by atoms with Crippen molar-refractivity contribution in [1.82, 2.24) is 5.32 Å². The second kappa shape index (κ2) is 6.59. The van der Waals surface area contributed by atoms with Gasteiger partial charge in [-0.3, -0.25) is 4.79 Å². The Balaban J connectivity index is 1.68. The fraction of sp³-hybridized carbons (Fsp3) is 0.615. The maximum atomic E-state index is 11.7. The van der Waals surface area contributed by atoms with Gasteiger partial charge in [0.05, 0.1) is 5.60 Å². The smallest absolute Gasteiger partial charge is 0.220 e. The van der Waals surface area contributed by atoms with Crippen molar-refractivity contribution in [3.05, 3.63) is 22.4 Å². The Hall–Kier alpha value is -0.520. The maximum absolute atomic E-state index is 11.7. The molecule has 2 N–H and O–H groups in total. The van der Waals surface area contributed by atoms with Crippen LogP contribution in [0.25, 0.3) is 0 Å². The summed E-state index contributed by atoms with van der Waals surface area (Å²) >= 11 is 3.55. The highest BCUT2D eigenvalue weighted by atomic mass is 32.2. The molecule has 1 aromatic rings. The first-order valence-electron chi connectivity index (χ1n) is 6.27. The van der Waals surface area contributed by atoms with E-state index in [0.717, 1.165) is 30.8 Å². The molecule has 0 bridgehead atoms. The molecule has 1 aromatic heterocycles. The molecule has 0 unspecified atom stereocenters. The lowest BCUT2D eigenvalue weighted by atomic mass is 9.97. The summed E-state index contributed by atoms with van der Waals surface area (Å²) in [5.74, 6) is 2.01. The van der Waals surface area contributed by atoms with Crippen LogP contribution >= 0.6 is 23.1 Å². The van der Waals surface area contributed by atoms with Crippen molar-refractivity contribution in [1.29, 1.82) is 0 Å². The van der Waals surface area contributed by atoms with E-state index in [1.165, 1.54) is 4.88 Å². The number of rotatable bonds is 5. The Morgan fingerprint density at radius 2 is 2.22 bits per heavy atom. The fourth-order valence-electron chi connectivity index (χ4n) is 1.97. The van der Waals surface area contributed by atoms with E-state index >= 15 is 0 Å². The standard InChI is InChI=1S/C13H19NO2S2/c15-12(4-3-11-2-1-7-18-11)14-10-13(16)5-8-17-9-6-13/h1-2,7,16H,3-6,8-10H2,(H,14,15). The van der Waals surface area contributed by atoms with Gasteiger partial charge >= 0.3 is 0 Å². The minimum absolute atomic E-state index is 0.0371. The molecule has 1 amide bonds. The number of thioether (sulfide) groups is 1. The van der Waals surface area contributed by atoms with Crippen LogP contribution in [0.3, 0.4) is 0 Å². The monoisotopic (exact) mass is 285 g/mol. The summed E-state index contributed by atoms with van der Waals surface area (Å²) in [6.45, 7) is 0.400. The molecule has 5 heteroatoms. The molecule has 0 atom stereocenters. The van der Waals surface area contributed by atoms with Gasteiger partial charge in [-0.2, -0.15) is 11.8 Å². The zero-order valence-electron chi connectivity index (χ0n) is 10.4. The SMILES string of the molecule is O=C(CCc1cccs1)NCC1(O)CCSCC1. The van der Waals surface area contributed by atoms with Gasteiger partial charge in [0.15, 0.2) is 0 Å². The lowest BCUT2D eigenvalue weighted by Gasteiger charge is -2.31. The lowest BCUT2D eigenvalue weighted by molar-refractivity contribution is -0.122. The van der Waals surface area contributed by atoms with Gasteiger partial charge in [-0.1, -0.05) is 6.07 Å². The summed E-state index contributed by atoms with van der Waals surface area (Å²) in [5.41, 5.74) is -0.677. The van der Waals surface area contributed by atoms with Crippen LogP contribution in [0.5, 0.6) is 0 Å². The third-order valence-corrected chi connectivity index (χ3v) is 5.14. The second-order valence-corrected chi connectivity index (χ2v) is 6.95. The predicted octanol–water partition coefficient (Wildman–Crippen LogP) is 2.05. The van der Waals surface area contributed by atoms with Gasteiger partial charge in [0.25, 0.3) is 0 Å². The number of hydrogen-bond donors (Lipinski definition) is 2. The van der Waals surface area contributed by atoms with Crippen molar-refractivity contribution in [3.8, 4) is 0 Å². The maximum Gasteiger partial charge on any atom is 0.220 e. The average Bonchev–Trinajstić information content (AvgIpc) is 2.88. The number of aliphatic hydroxyl groups is 1. The topological polar surface area (TPSA) is 49.3 Å². The van der Waals surface area contributed by atoms with Gasteiger partial charge in [0.1, 0.15) is 0 Å². The number of carbonyl (C=O) groups is 1. The highest BCUT2D eigenvalue weighted by Crippen LogP contribution is 2.26. The molecule has 1 fully saturated rings. The highest BCUT2D eigenvalue weighted by molar-refractivity contribution is 7.99. The fourth-order valence-corrected chi connectivity index (χ4v) is 3.93. The summed E-state index contributed by atoms with van der Waals surface area (Å²) in [6, 6.07) is 4.05. The molecule has 0 aromatic carbocycles. The second-order valence-electron chi connectivity index (χ2n) is 4.69. The quantitative estimate of drug-likeness (QED) is 0.870. The Morgan fingerprint density at radius 1 is 1.44 bits per heavy atom. The number of hydrogen-bond acceptors (Lipinski definition) is 4. The predicted molar refractivity (Wildman–Crippen MR) is 77.2 cm³/mol. The highest BCUT2D eigenvalue weighted by Gasteiger charge is 2.29. The number of aryl methyl sites for hydroxylation is 1. The largest absolute Gasteiger partial charge is 0.388 e. The van der Waals surface area contributed by atoms with Gasteiger partial charge in [-0.15, -0.1) is 11.3 Å². The van der Waals surface area contributed by atoms with Crippen molar-refractivity contribution in [3.63, 3.8) is 0 Å². The van der Waals surface area contributed by atoms with E-state index in [9.17, 15) is 9.90 Å². The van der Waals surface area contributed by atoms with E-state index in [1.807, 2.05) is 29.3 Å². The van der Waals surface area contributed by atoms with Gasteiger partial charge < -0.3 is 10.4 Å². The normalized spacial score (nSPS) is 18.5. The molecule has 1 aliphatic rings. The van der Waals surface area contributed by atoms with Gasteiger partial charge in [-0.25, -0.2) is 0 Å². The number of nitrogens with one attached hydrogen (secondary N) is 1.